The van der Waals surface area contributed by atoms with Crippen molar-refractivity contribution in [1.29, 1.82) is 0 Å². The topological polar surface area (TPSA) is 0 Å². The van der Waals surface area contributed by atoms with Crippen molar-refractivity contribution in [2.45, 2.75) is 42.6 Å². The van der Waals surface area contributed by atoms with Crippen LogP contribution in [0.3, 0.4) is 0 Å². The van der Waals surface area contributed by atoms with Crippen molar-refractivity contribution >= 4 is 40.8 Å². The number of rotatable bonds is 7. The van der Waals surface area contributed by atoms with E-state index in [1.165, 1.54) is 54.3 Å². The third kappa shape index (κ3) is 7.96. The van der Waals surface area contributed by atoms with Crippen LogP contribution in [0.2, 0.25) is 0 Å². The minimum Gasteiger partial charge on any atom is -0.145 e. The monoisotopic (exact) mass is 665 g/mol. The lowest BCUT2D eigenvalue weighted by Crippen LogP contribution is -2.09. The molecule has 0 spiro atoms. The number of hydrogen-bond donors (Lipinski definition) is 0. The Morgan fingerprint density at radius 1 is 0.596 bits per heavy atom. The van der Waals surface area contributed by atoms with Gasteiger partial charge in [0.25, 0.3) is 0 Å². The van der Waals surface area contributed by atoms with Gasteiger partial charge in [-0.15, -0.1) is 11.8 Å². The van der Waals surface area contributed by atoms with Crippen LogP contribution in [-0.2, 0) is 0 Å². The van der Waals surface area contributed by atoms with E-state index in [0.717, 1.165) is 37.1 Å². The smallest absolute Gasteiger partial charge is 0.145 e. The van der Waals surface area contributed by atoms with Gasteiger partial charge in [-0.25, -0.2) is 0 Å². The van der Waals surface area contributed by atoms with Crippen molar-refractivity contribution in [1.82, 2.24) is 0 Å². The van der Waals surface area contributed by atoms with E-state index < -0.39 is 0 Å². The zero-order valence-electron chi connectivity index (χ0n) is 26.4. The Morgan fingerprint density at radius 3 is 1.64 bits per heavy atom. The predicted octanol–water partition coefficient (Wildman–Crippen LogP) is 13.9. The lowest BCUT2D eigenvalue weighted by atomic mass is 9.92. The van der Waals surface area contributed by atoms with Crippen molar-refractivity contribution in [2.24, 2.45) is 0 Å². The van der Waals surface area contributed by atoms with Gasteiger partial charge in [-0.1, -0.05) is 139 Å². The summed E-state index contributed by atoms with van der Waals surface area (Å²) in [6, 6.07) is 47.9. The molecule has 0 bridgehead atoms. The summed E-state index contributed by atoms with van der Waals surface area (Å²) in [6.45, 7) is 0. The number of hydrogen-bond acceptors (Lipinski definition) is 1. The maximum absolute atomic E-state index is 7.16. The van der Waals surface area contributed by atoms with Gasteiger partial charge in [0.15, 0.2) is 0 Å². The summed E-state index contributed by atoms with van der Waals surface area (Å²) in [7, 11) is 0. The Hall–Kier alpha value is -3.95. The molecule has 1 aromatic heterocycles. The second-order valence-electron chi connectivity index (χ2n) is 12.2. The van der Waals surface area contributed by atoms with Crippen LogP contribution in [0.4, 0.5) is 0 Å². The van der Waals surface area contributed by atoms with E-state index in [2.05, 4.69) is 170 Å². The molecule has 2 heterocycles. The molecule has 0 N–H and O–H groups in total. The van der Waals surface area contributed by atoms with Crippen molar-refractivity contribution in [2.75, 3.05) is 0 Å². The van der Waals surface area contributed by atoms with Gasteiger partial charge >= 0.3 is 0 Å². The summed E-state index contributed by atoms with van der Waals surface area (Å²) in [5.74, 6) is 0. The summed E-state index contributed by atoms with van der Waals surface area (Å²) in [4.78, 5) is 2.52. The maximum atomic E-state index is 7.16. The van der Waals surface area contributed by atoms with Gasteiger partial charge in [-0.3, -0.25) is 0 Å². The summed E-state index contributed by atoms with van der Waals surface area (Å²) < 4.78 is 0. The highest BCUT2D eigenvalue weighted by Crippen LogP contribution is 2.52. The normalized spacial score (nSPS) is 19.3. The molecule has 1 aliphatic carbocycles. The molecule has 232 valence electrons. The van der Waals surface area contributed by atoms with Crippen molar-refractivity contribution in [3.05, 3.63) is 190 Å². The third-order valence-corrected chi connectivity index (χ3v) is 12.1. The van der Waals surface area contributed by atoms with Crippen molar-refractivity contribution in [3.8, 4) is 20.9 Å². The Bertz CT molecular complexity index is 1820. The van der Waals surface area contributed by atoms with Crippen LogP contribution >= 0.6 is 34.7 Å². The zero-order valence-corrected chi connectivity index (χ0v) is 28.8. The first-order chi connectivity index (χ1) is 23.2. The SMILES string of the molecule is ClC1=C(/C=C/c2cc(-c3ccccc3)[s+]c(-c3ccccc3)c2)CCC/C1=C/C=C1CC(c2ccccc2)SC(c2ccccc2)C1. The number of allylic oxidation sites excluding steroid dienone is 7. The van der Waals surface area contributed by atoms with Crippen LogP contribution in [0.1, 0.15) is 59.3 Å². The van der Waals surface area contributed by atoms with Gasteiger partial charge in [0.2, 0.25) is 21.1 Å². The summed E-state index contributed by atoms with van der Waals surface area (Å²) >= 11 is 11.1. The van der Waals surface area contributed by atoms with E-state index in [4.69, 9.17) is 11.6 Å². The third-order valence-electron chi connectivity index (χ3n) is 8.95. The molecular weight excluding hydrogens is 628 g/mol. The quantitative estimate of drug-likeness (QED) is 0.156. The Balaban J connectivity index is 1.17. The molecule has 1 aliphatic heterocycles. The molecule has 1 saturated heterocycles. The second-order valence-corrected chi connectivity index (χ2v) is 15.1. The Morgan fingerprint density at radius 2 is 1.11 bits per heavy atom. The molecular formula is C44H38ClS2+. The summed E-state index contributed by atoms with van der Waals surface area (Å²) in [5, 5.41) is 1.81. The van der Waals surface area contributed by atoms with E-state index in [1.54, 1.807) is 0 Å². The van der Waals surface area contributed by atoms with Gasteiger partial charge in [0.05, 0.1) is 0 Å². The first-order valence-corrected chi connectivity index (χ1v) is 18.6. The first-order valence-electron chi connectivity index (χ1n) is 16.5. The van der Waals surface area contributed by atoms with E-state index >= 15 is 0 Å². The molecule has 4 aromatic carbocycles. The second kappa shape index (κ2) is 15.3. The van der Waals surface area contributed by atoms with Gasteiger partial charge in [0.1, 0.15) is 0 Å². The number of benzene rings is 4. The average Bonchev–Trinajstić information content (AvgIpc) is 3.15. The molecule has 2 atom stereocenters. The fourth-order valence-corrected chi connectivity index (χ4v) is 9.54. The van der Waals surface area contributed by atoms with Crippen LogP contribution in [0, 0.1) is 0 Å². The van der Waals surface area contributed by atoms with E-state index in [9.17, 15) is 0 Å². The molecule has 0 nitrogen and oxygen atoms in total. The highest BCUT2D eigenvalue weighted by Gasteiger charge is 2.28. The molecule has 3 heteroatoms. The van der Waals surface area contributed by atoms with Gasteiger partial charge < -0.3 is 0 Å². The fraction of sp³-hybridized carbons (Fsp3) is 0.159. The van der Waals surface area contributed by atoms with Crippen LogP contribution < -0.4 is 0 Å². The average molecular weight is 666 g/mol. The predicted molar refractivity (Wildman–Crippen MR) is 207 cm³/mol. The van der Waals surface area contributed by atoms with Crippen LogP contribution in [0.25, 0.3) is 27.0 Å². The standard InChI is InChI=1S/C44H38ClS2/c45-44-38(26-24-32-28-40(34-14-5-1-6-15-34)46-41(29-32)35-16-7-2-8-17-35)22-13-23-39(44)27-25-33-30-42(36-18-9-3-10-19-36)47-43(31-33)37-20-11-4-12-21-37/h1-12,14-21,24-29,42-43H,13,22-23,30-31H2/q+1/b26-24+,33-25?,39-27-. The molecule has 5 aromatic rings. The Kier molecular flexibility index (Phi) is 10.3. The molecule has 0 saturated carbocycles. The van der Waals surface area contributed by atoms with Crippen LogP contribution in [-0.4, -0.2) is 0 Å². The first kappa shape index (κ1) is 31.6. The summed E-state index contributed by atoms with van der Waals surface area (Å²) in [6.07, 6.45) is 14.5. The molecule has 2 unspecified atom stereocenters. The minimum absolute atomic E-state index is 0.448. The Labute approximate surface area is 292 Å². The van der Waals surface area contributed by atoms with Gasteiger partial charge in [-0.2, -0.15) is 0 Å². The molecule has 47 heavy (non-hydrogen) atoms. The molecule has 1 fully saturated rings. The largest absolute Gasteiger partial charge is 0.239 e. The van der Waals surface area contributed by atoms with Gasteiger partial charge in [-0.05, 0) is 84.2 Å². The lowest BCUT2D eigenvalue weighted by molar-refractivity contribution is 0.766. The molecule has 2 aliphatic rings. The van der Waals surface area contributed by atoms with E-state index in [1.807, 2.05) is 11.3 Å². The lowest BCUT2D eigenvalue weighted by Gasteiger charge is -2.31. The van der Waals surface area contributed by atoms with E-state index in [-0.39, 0.29) is 0 Å². The van der Waals surface area contributed by atoms with Crippen molar-refractivity contribution in [3.63, 3.8) is 0 Å². The maximum Gasteiger partial charge on any atom is 0.239 e. The number of halogens is 1. The highest BCUT2D eigenvalue weighted by molar-refractivity contribution is 7.99. The number of thioether (sulfide) groups is 1. The van der Waals surface area contributed by atoms with Crippen LogP contribution in [0.15, 0.2) is 173 Å². The minimum atomic E-state index is 0.448. The van der Waals surface area contributed by atoms with Crippen molar-refractivity contribution < 1.29 is 0 Å². The van der Waals surface area contributed by atoms with Crippen LogP contribution in [0.5, 0.6) is 0 Å². The molecule has 0 radical (unpaired) electrons. The van der Waals surface area contributed by atoms with Gasteiger partial charge in [0, 0.05) is 38.8 Å². The summed E-state index contributed by atoms with van der Waals surface area (Å²) in [5.41, 5.74) is 10.5. The molecule has 0 amide bonds. The zero-order chi connectivity index (χ0) is 31.8. The highest BCUT2D eigenvalue weighted by atomic mass is 35.5. The fourth-order valence-electron chi connectivity index (χ4n) is 6.45. The molecule has 7 rings (SSSR count). The van der Waals surface area contributed by atoms with E-state index in [0.29, 0.717) is 10.5 Å².